The fourth-order valence-electron chi connectivity index (χ4n) is 3.79. The van der Waals surface area contributed by atoms with Gasteiger partial charge in [0.25, 0.3) is 5.91 Å². The number of hydrogen-bond acceptors (Lipinski definition) is 6. The Labute approximate surface area is 204 Å². The van der Waals surface area contributed by atoms with Crippen molar-refractivity contribution in [2.75, 3.05) is 5.32 Å². The number of amides is 1. The number of anilines is 1. The average molecular weight is 505 g/mol. The molecular formula is C22H18Cl2N4O2S2. The number of nitriles is 1. The number of thiophene rings is 1. The number of nitrogens with zero attached hydrogens (tertiary/aromatic N) is 2. The summed E-state index contributed by atoms with van der Waals surface area (Å²) >= 11 is 19.5. The zero-order valence-corrected chi connectivity index (χ0v) is 20.4. The molecule has 6 nitrogen and oxygen atoms in total. The van der Waals surface area contributed by atoms with Gasteiger partial charge in [0.05, 0.1) is 15.6 Å². The lowest BCUT2D eigenvalue weighted by molar-refractivity contribution is 0.0977. The third kappa shape index (κ3) is 4.26. The molecule has 4 rings (SSSR count). The van der Waals surface area contributed by atoms with Gasteiger partial charge in [-0.15, -0.1) is 11.3 Å². The molecule has 0 spiro atoms. The predicted octanol–water partition coefficient (Wildman–Crippen LogP) is 6.14. The number of thiocarbonyl (C=S) groups is 1. The van der Waals surface area contributed by atoms with Crippen molar-refractivity contribution in [1.82, 2.24) is 10.5 Å². The summed E-state index contributed by atoms with van der Waals surface area (Å²) in [4.78, 5) is 14.2. The first-order chi connectivity index (χ1) is 15.3. The zero-order valence-electron chi connectivity index (χ0n) is 17.2. The maximum atomic E-state index is 13.0. The fourth-order valence-corrected chi connectivity index (χ4v) is 5.99. The van der Waals surface area contributed by atoms with Crippen LogP contribution in [0.4, 0.5) is 5.00 Å². The maximum Gasteiger partial charge on any atom is 0.263 e. The van der Waals surface area contributed by atoms with Crippen LogP contribution in [0.3, 0.4) is 0 Å². The monoisotopic (exact) mass is 504 g/mol. The van der Waals surface area contributed by atoms with Gasteiger partial charge in [0.15, 0.2) is 5.11 Å². The Morgan fingerprint density at radius 3 is 2.78 bits per heavy atom. The van der Waals surface area contributed by atoms with Gasteiger partial charge in [-0.3, -0.25) is 10.1 Å². The standard InChI is InChI=1S/C22H18Cl2N4O2S2/c1-10-6-7-12-13(9-25)21(32-16(12)8-10)27-22(31)26-20(29)17-11(2)30-28-19(17)18-14(23)4-3-5-15(18)24/h3-5,10H,6-8H2,1-2H3,(H2,26,27,29,31). The normalized spacial score (nSPS) is 15.0. The molecule has 1 unspecified atom stereocenters. The maximum absolute atomic E-state index is 13.0. The summed E-state index contributed by atoms with van der Waals surface area (Å²) in [6.07, 6.45) is 2.87. The van der Waals surface area contributed by atoms with Gasteiger partial charge in [0, 0.05) is 10.4 Å². The van der Waals surface area contributed by atoms with Crippen LogP contribution in [0.1, 0.15) is 45.5 Å². The van der Waals surface area contributed by atoms with Crippen LogP contribution in [-0.2, 0) is 12.8 Å². The van der Waals surface area contributed by atoms with E-state index in [9.17, 15) is 10.1 Å². The van der Waals surface area contributed by atoms with Crippen molar-refractivity contribution < 1.29 is 9.32 Å². The largest absolute Gasteiger partial charge is 0.360 e. The number of rotatable bonds is 3. The van der Waals surface area contributed by atoms with Gasteiger partial charge in [-0.1, -0.05) is 41.3 Å². The van der Waals surface area contributed by atoms with E-state index in [0.29, 0.717) is 37.9 Å². The third-order valence-corrected chi connectivity index (χ3v) is 7.37. The van der Waals surface area contributed by atoms with Crippen LogP contribution in [0.15, 0.2) is 22.7 Å². The van der Waals surface area contributed by atoms with Gasteiger partial charge < -0.3 is 9.84 Å². The molecule has 164 valence electrons. The summed E-state index contributed by atoms with van der Waals surface area (Å²) < 4.78 is 5.25. The summed E-state index contributed by atoms with van der Waals surface area (Å²) in [7, 11) is 0. The highest BCUT2D eigenvalue weighted by Gasteiger charge is 2.27. The summed E-state index contributed by atoms with van der Waals surface area (Å²) in [5, 5.41) is 20.7. The van der Waals surface area contributed by atoms with Crippen molar-refractivity contribution >= 4 is 62.8 Å². The Balaban J connectivity index is 1.57. The lowest BCUT2D eigenvalue weighted by Gasteiger charge is -2.17. The smallest absolute Gasteiger partial charge is 0.263 e. The second-order valence-electron chi connectivity index (χ2n) is 7.63. The van der Waals surface area contributed by atoms with E-state index in [1.807, 2.05) is 0 Å². The SMILES string of the molecule is Cc1onc(-c2c(Cl)cccc2Cl)c1C(=O)NC(=S)Nc1sc2c(c1C#N)CCC(C)C2. The van der Waals surface area contributed by atoms with E-state index in [-0.39, 0.29) is 16.4 Å². The molecule has 0 saturated carbocycles. The van der Waals surface area contributed by atoms with Crippen LogP contribution < -0.4 is 10.6 Å². The first-order valence-electron chi connectivity index (χ1n) is 9.87. The lowest BCUT2D eigenvalue weighted by atomic mass is 9.89. The number of halogens is 2. The summed E-state index contributed by atoms with van der Waals surface area (Å²) in [6, 6.07) is 7.29. The Bertz CT molecular complexity index is 1260. The topological polar surface area (TPSA) is 90.9 Å². The quantitative estimate of drug-likeness (QED) is 0.416. The molecule has 0 aliphatic heterocycles. The number of aromatic nitrogens is 1. The van der Waals surface area contributed by atoms with Crippen molar-refractivity contribution in [1.29, 1.82) is 5.26 Å². The average Bonchev–Trinajstić information content (AvgIpc) is 3.26. The van der Waals surface area contributed by atoms with E-state index in [1.54, 1.807) is 25.1 Å². The van der Waals surface area contributed by atoms with Crippen LogP contribution in [-0.4, -0.2) is 16.2 Å². The molecule has 1 aliphatic rings. The molecule has 1 aliphatic carbocycles. The Morgan fingerprint density at radius 1 is 1.38 bits per heavy atom. The highest BCUT2D eigenvalue weighted by atomic mass is 35.5. The summed E-state index contributed by atoms with van der Waals surface area (Å²) in [6.45, 7) is 3.83. The van der Waals surface area contributed by atoms with Crippen molar-refractivity contribution in [2.45, 2.75) is 33.1 Å². The molecule has 1 amide bonds. The molecule has 2 heterocycles. The molecule has 2 N–H and O–H groups in total. The van der Waals surface area contributed by atoms with Crippen molar-refractivity contribution in [3.05, 3.63) is 55.6 Å². The molecule has 10 heteroatoms. The number of hydrogen-bond donors (Lipinski definition) is 2. The van der Waals surface area contributed by atoms with Crippen molar-refractivity contribution in [2.24, 2.45) is 5.92 Å². The summed E-state index contributed by atoms with van der Waals surface area (Å²) in [5.74, 6) is 0.370. The molecule has 0 radical (unpaired) electrons. The number of carbonyl (C=O) groups excluding carboxylic acids is 1. The molecule has 0 saturated heterocycles. The molecule has 3 aromatic rings. The van der Waals surface area contributed by atoms with Crippen molar-refractivity contribution in [3.8, 4) is 17.3 Å². The van der Waals surface area contributed by atoms with E-state index in [2.05, 4.69) is 28.8 Å². The van der Waals surface area contributed by atoms with Crippen LogP contribution in [0, 0.1) is 24.2 Å². The van der Waals surface area contributed by atoms with E-state index in [4.69, 9.17) is 39.9 Å². The van der Waals surface area contributed by atoms with Gasteiger partial charge in [0.1, 0.15) is 28.1 Å². The van der Waals surface area contributed by atoms with Gasteiger partial charge in [-0.2, -0.15) is 5.26 Å². The lowest BCUT2D eigenvalue weighted by Crippen LogP contribution is -2.34. The van der Waals surface area contributed by atoms with E-state index in [1.165, 1.54) is 16.2 Å². The van der Waals surface area contributed by atoms with Crippen LogP contribution in [0.5, 0.6) is 0 Å². The number of benzene rings is 1. The predicted molar refractivity (Wildman–Crippen MR) is 131 cm³/mol. The Morgan fingerprint density at radius 2 is 2.09 bits per heavy atom. The second kappa shape index (κ2) is 9.20. The second-order valence-corrected chi connectivity index (χ2v) is 9.96. The molecule has 2 aromatic heterocycles. The highest BCUT2D eigenvalue weighted by molar-refractivity contribution is 7.80. The van der Waals surface area contributed by atoms with E-state index in [0.717, 1.165) is 24.8 Å². The van der Waals surface area contributed by atoms with Crippen molar-refractivity contribution in [3.63, 3.8) is 0 Å². The van der Waals surface area contributed by atoms with Crippen LogP contribution in [0.25, 0.3) is 11.3 Å². The van der Waals surface area contributed by atoms with E-state index < -0.39 is 5.91 Å². The van der Waals surface area contributed by atoms with Gasteiger partial charge >= 0.3 is 0 Å². The number of fused-ring (bicyclic) bond motifs is 1. The number of aryl methyl sites for hydroxylation is 1. The molecule has 1 aromatic carbocycles. The first-order valence-corrected chi connectivity index (χ1v) is 11.9. The highest BCUT2D eigenvalue weighted by Crippen LogP contribution is 2.39. The van der Waals surface area contributed by atoms with Gasteiger partial charge in [-0.25, -0.2) is 0 Å². The minimum Gasteiger partial charge on any atom is -0.360 e. The zero-order chi connectivity index (χ0) is 23.0. The molecule has 0 bridgehead atoms. The molecular weight excluding hydrogens is 487 g/mol. The Kier molecular flexibility index (Phi) is 6.54. The Hall–Kier alpha value is -2.44. The minimum absolute atomic E-state index is 0.0787. The van der Waals surface area contributed by atoms with Gasteiger partial charge in [-0.05, 0) is 62.0 Å². The molecule has 0 fully saturated rings. The molecule has 1 atom stereocenters. The fraction of sp³-hybridized carbons (Fsp3) is 0.273. The summed E-state index contributed by atoms with van der Waals surface area (Å²) in [5.41, 5.74) is 2.50. The van der Waals surface area contributed by atoms with Crippen LogP contribution in [0.2, 0.25) is 10.0 Å². The number of nitrogens with one attached hydrogen (secondary N) is 2. The van der Waals surface area contributed by atoms with Crippen LogP contribution >= 0.6 is 46.8 Å². The third-order valence-electron chi connectivity index (χ3n) is 5.37. The van der Waals surface area contributed by atoms with Gasteiger partial charge in [0.2, 0.25) is 0 Å². The number of carbonyl (C=O) groups is 1. The minimum atomic E-state index is -0.513. The molecule has 32 heavy (non-hydrogen) atoms. The van der Waals surface area contributed by atoms with E-state index >= 15 is 0 Å². The first kappa shape index (κ1) is 22.7.